The van der Waals surface area contributed by atoms with Crippen LogP contribution in [0.3, 0.4) is 0 Å². The van der Waals surface area contributed by atoms with Gasteiger partial charge in [-0.25, -0.2) is 14.2 Å². The molecule has 3 rings (SSSR count). The van der Waals surface area contributed by atoms with Crippen LogP contribution in [0.5, 0.6) is 0 Å². The molecule has 0 saturated heterocycles. The van der Waals surface area contributed by atoms with E-state index in [4.69, 9.17) is 0 Å². The van der Waals surface area contributed by atoms with Crippen LogP contribution in [0.2, 0.25) is 0 Å². The Bertz CT molecular complexity index is 1000. The van der Waals surface area contributed by atoms with Gasteiger partial charge in [-0.15, -0.1) is 0 Å². The molecule has 0 radical (unpaired) electrons. The Hall–Kier alpha value is -2.90. The topological polar surface area (TPSA) is 92.2 Å². The van der Waals surface area contributed by atoms with E-state index in [-0.39, 0.29) is 11.7 Å². The number of benzene rings is 2. The molecular formula is C21H21N3O3S. The molecule has 3 aromatic rings. The van der Waals surface area contributed by atoms with Crippen molar-refractivity contribution in [2.75, 3.05) is 0 Å². The van der Waals surface area contributed by atoms with Gasteiger partial charge in [0.15, 0.2) is 11.1 Å². The summed E-state index contributed by atoms with van der Waals surface area (Å²) in [6, 6.07) is 13.2. The lowest BCUT2D eigenvalue weighted by Gasteiger charge is -2.11. The molecular weight excluding hydrogens is 374 g/mol. The van der Waals surface area contributed by atoms with Crippen molar-refractivity contribution in [3.63, 3.8) is 0 Å². The zero-order valence-corrected chi connectivity index (χ0v) is 16.5. The van der Waals surface area contributed by atoms with E-state index < -0.39 is 11.1 Å². The third kappa shape index (κ3) is 5.31. The van der Waals surface area contributed by atoms with Gasteiger partial charge in [0.2, 0.25) is 0 Å². The van der Waals surface area contributed by atoms with Crippen molar-refractivity contribution in [1.29, 1.82) is 0 Å². The van der Waals surface area contributed by atoms with Crippen LogP contribution in [-0.4, -0.2) is 24.6 Å². The van der Waals surface area contributed by atoms with Crippen molar-refractivity contribution in [3.05, 3.63) is 82.9 Å². The summed E-state index contributed by atoms with van der Waals surface area (Å²) in [5.74, 6) is 0.369. The molecule has 0 saturated carbocycles. The Balaban J connectivity index is 1.86. The standard InChI is InChI=1S/C21H21N3O3S/c1-14-3-5-18(6-4-14)19-7-16(13-28(26)27)8-20(9-19)21(25)24-12-17-10-22-15(2)23-11-17/h3-11H,12-13H2,1-2H3,(H,24,25)(H,26,27). The number of carbonyl (C=O) groups is 1. The van der Waals surface area contributed by atoms with Gasteiger partial charge in [0.05, 0.1) is 5.75 Å². The minimum atomic E-state index is -1.99. The van der Waals surface area contributed by atoms with Gasteiger partial charge >= 0.3 is 0 Å². The molecule has 0 spiro atoms. The Kier molecular flexibility index (Phi) is 6.28. The number of amides is 1. The molecule has 0 aliphatic rings. The van der Waals surface area contributed by atoms with Crippen molar-refractivity contribution >= 4 is 17.0 Å². The molecule has 7 heteroatoms. The maximum Gasteiger partial charge on any atom is 0.251 e. The summed E-state index contributed by atoms with van der Waals surface area (Å²) in [7, 11) is 0. The minimum Gasteiger partial charge on any atom is -0.348 e. The fourth-order valence-corrected chi connectivity index (χ4v) is 3.21. The predicted molar refractivity (Wildman–Crippen MR) is 109 cm³/mol. The number of carbonyl (C=O) groups excluding carboxylic acids is 1. The quantitative estimate of drug-likeness (QED) is 0.624. The number of nitrogens with zero attached hydrogens (tertiary/aromatic N) is 2. The monoisotopic (exact) mass is 395 g/mol. The molecule has 0 aliphatic carbocycles. The number of aryl methyl sites for hydroxylation is 2. The Morgan fingerprint density at radius 1 is 1.00 bits per heavy atom. The average Bonchev–Trinajstić information content (AvgIpc) is 2.67. The van der Waals surface area contributed by atoms with Crippen molar-refractivity contribution in [2.45, 2.75) is 26.1 Å². The van der Waals surface area contributed by atoms with Crippen LogP contribution in [-0.2, 0) is 23.4 Å². The van der Waals surface area contributed by atoms with Crippen LogP contribution in [0.4, 0.5) is 0 Å². The minimum absolute atomic E-state index is 0.0359. The van der Waals surface area contributed by atoms with Crippen LogP contribution < -0.4 is 5.32 Å². The maximum absolute atomic E-state index is 12.7. The largest absolute Gasteiger partial charge is 0.348 e. The predicted octanol–water partition coefficient (Wildman–Crippen LogP) is 3.41. The first kappa shape index (κ1) is 19.9. The molecule has 2 aromatic carbocycles. The highest BCUT2D eigenvalue weighted by molar-refractivity contribution is 7.78. The summed E-state index contributed by atoms with van der Waals surface area (Å²) < 4.78 is 20.5. The number of nitrogens with one attached hydrogen (secondary N) is 1. The van der Waals surface area contributed by atoms with Crippen molar-refractivity contribution < 1.29 is 13.6 Å². The van der Waals surface area contributed by atoms with Gasteiger partial charge in [-0.3, -0.25) is 4.79 Å². The second kappa shape index (κ2) is 8.86. The van der Waals surface area contributed by atoms with E-state index in [1.807, 2.05) is 37.3 Å². The fraction of sp³-hybridized carbons (Fsp3) is 0.190. The molecule has 6 nitrogen and oxygen atoms in total. The van der Waals surface area contributed by atoms with Gasteiger partial charge < -0.3 is 9.87 Å². The van der Waals surface area contributed by atoms with E-state index in [1.165, 1.54) is 0 Å². The van der Waals surface area contributed by atoms with Gasteiger partial charge in [-0.05, 0) is 42.7 Å². The fourth-order valence-electron chi connectivity index (χ4n) is 2.76. The number of hydrogen-bond donors (Lipinski definition) is 2. The van der Waals surface area contributed by atoms with Crippen molar-refractivity contribution in [2.24, 2.45) is 0 Å². The summed E-state index contributed by atoms with van der Waals surface area (Å²) in [6.07, 6.45) is 3.34. The van der Waals surface area contributed by atoms with Crippen LogP contribution in [0.1, 0.15) is 32.9 Å². The van der Waals surface area contributed by atoms with Crippen LogP contribution >= 0.6 is 0 Å². The van der Waals surface area contributed by atoms with Crippen LogP contribution in [0.15, 0.2) is 54.9 Å². The summed E-state index contributed by atoms with van der Waals surface area (Å²) in [6.45, 7) is 4.10. The second-order valence-electron chi connectivity index (χ2n) is 6.57. The number of aromatic nitrogens is 2. The first-order valence-corrected chi connectivity index (χ1v) is 10.0. The third-order valence-corrected chi connectivity index (χ3v) is 4.80. The third-order valence-electron chi connectivity index (χ3n) is 4.22. The molecule has 1 aromatic heterocycles. The lowest BCUT2D eigenvalue weighted by atomic mass is 9.99. The van der Waals surface area contributed by atoms with Gasteiger partial charge in [0.25, 0.3) is 5.91 Å². The number of hydrogen-bond acceptors (Lipinski definition) is 4. The highest BCUT2D eigenvalue weighted by Crippen LogP contribution is 2.24. The highest BCUT2D eigenvalue weighted by atomic mass is 32.2. The van der Waals surface area contributed by atoms with Gasteiger partial charge in [-0.1, -0.05) is 35.9 Å². The highest BCUT2D eigenvalue weighted by Gasteiger charge is 2.11. The van der Waals surface area contributed by atoms with Crippen molar-refractivity contribution in [3.8, 4) is 11.1 Å². The van der Waals surface area contributed by atoms with E-state index in [9.17, 15) is 13.6 Å². The van der Waals surface area contributed by atoms with Crippen LogP contribution in [0.25, 0.3) is 11.1 Å². The van der Waals surface area contributed by atoms with E-state index in [1.54, 1.807) is 31.5 Å². The van der Waals surface area contributed by atoms with Gasteiger partial charge in [-0.2, -0.15) is 0 Å². The molecule has 144 valence electrons. The van der Waals surface area contributed by atoms with Crippen LogP contribution in [0, 0.1) is 13.8 Å². The molecule has 0 fully saturated rings. The first-order valence-electron chi connectivity index (χ1n) is 8.75. The zero-order valence-electron chi connectivity index (χ0n) is 15.7. The van der Waals surface area contributed by atoms with Crippen molar-refractivity contribution in [1.82, 2.24) is 15.3 Å². The Morgan fingerprint density at radius 2 is 1.68 bits per heavy atom. The summed E-state index contributed by atoms with van der Waals surface area (Å²) in [5.41, 5.74) is 4.76. The van der Waals surface area contributed by atoms with Gasteiger partial charge in [0, 0.05) is 30.1 Å². The lowest BCUT2D eigenvalue weighted by molar-refractivity contribution is 0.0950. The molecule has 2 N–H and O–H groups in total. The second-order valence-corrected chi connectivity index (χ2v) is 7.50. The number of rotatable bonds is 6. The molecule has 1 atom stereocenters. The van der Waals surface area contributed by atoms with E-state index >= 15 is 0 Å². The molecule has 1 unspecified atom stereocenters. The molecule has 28 heavy (non-hydrogen) atoms. The zero-order chi connectivity index (χ0) is 20.1. The van der Waals surface area contributed by atoms with Gasteiger partial charge in [0.1, 0.15) is 5.82 Å². The molecule has 0 bridgehead atoms. The lowest BCUT2D eigenvalue weighted by Crippen LogP contribution is -2.23. The first-order chi connectivity index (χ1) is 13.4. The summed E-state index contributed by atoms with van der Waals surface area (Å²) >= 11 is -1.99. The maximum atomic E-state index is 12.7. The molecule has 0 aliphatic heterocycles. The normalized spacial score (nSPS) is 11.8. The summed E-state index contributed by atoms with van der Waals surface area (Å²) in [4.78, 5) is 20.9. The molecule has 1 amide bonds. The Labute approximate surface area is 166 Å². The van der Waals surface area contributed by atoms with E-state index in [0.717, 1.165) is 22.3 Å². The smallest absolute Gasteiger partial charge is 0.251 e. The Morgan fingerprint density at radius 3 is 2.32 bits per heavy atom. The SMILES string of the molecule is Cc1ccc(-c2cc(CS(=O)O)cc(C(=O)NCc3cnc(C)nc3)c2)cc1. The molecule has 1 heterocycles. The van der Waals surface area contributed by atoms with E-state index in [0.29, 0.717) is 23.5 Å². The summed E-state index contributed by atoms with van der Waals surface area (Å²) in [5, 5.41) is 2.85. The van der Waals surface area contributed by atoms with E-state index in [2.05, 4.69) is 15.3 Å². The average molecular weight is 395 g/mol.